The summed E-state index contributed by atoms with van der Waals surface area (Å²) in [5.74, 6) is -2.06. The first-order valence-electron chi connectivity index (χ1n) is 6.35. The van der Waals surface area contributed by atoms with Crippen LogP contribution in [0.2, 0.25) is 0 Å². The second-order valence-corrected chi connectivity index (χ2v) is 4.61. The molecule has 0 spiro atoms. The molecule has 1 saturated heterocycles. The number of carbonyl (C=O) groups is 1. The highest BCUT2D eigenvalue weighted by molar-refractivity contribution is 5.73. The van der Waals surface area contributed by atoms with Crippen molar-refractivity contribution in [1.29, 1.82) is 5.26 Å². The fourth-order valence-electron chi connectivity index (χ4n) is 2.52. The lowest BCUT2D eigenvalue weighted by Crippen LogP contribution is -2.43. The summed E-state index contributed by atoms with van der Waals surface area (Å²) in [6, 6.07) is 5.53. The molecular weight excluding hydrogens is 263 g/mol. The van der Waals surface area contributed by atoms with Crippen LogP contribution in [0, 0.1) is 23.1 Å². The number of rotatable bonds is 4. The SMILES string of the molecule is CCN(c1ccc(F)cc1C#N)C1COCC1C(=O)O. The van der Waals surface area contributed by atoms with Crippen molar-refractivity contribution in [2.75, 3.05) is 24.7 Å². The summed E-state index contributed by atoms with van der Waals surface area (Å²) < 4.78 is 18.4. The molecule has 1 aliphatic heterocycles. The van der Waals surface area contributed by atoms with E-state index in [1.54, 1.807) is 4.90 Å². The zero-order valence-electron chi connectivity index (χ0n) is 11.0. The summed E-state index contributed by atoms with van der Waals surface area (Å²) in [5.41, 5.74) is 0.737. The summed E-state index contributed by atoms with van der Waals surface area (Å²) in [6.45, 7) is 2.81. The summed E-state index contributed by atoms with van der Waals surface area (Å²) in [5, 5.41) is 18.3. The molecule has 2 unspecified atom stereocenters. The molecule has 1 aromatic rings. The van der Waals surface area contributed by atoms with Crippen molar-refractivity contribution in [3.05, 3.63) is 29.6 Å². The first-order chi connectivity index (χ1) is 9.58. The van der Waals surface area contributed by atoms with E-state index in [0.717, 1.165) is 6.07 Å². The van der Waals surface area contributed by atoms with Gasteiger partial charge in [-0.1, -0.05) is 0 Å². The summed E-state index contributed by atoms with van der Waals surface area (Å²) in [4.78, 5) is 13.0. The third kappa shape index (κ3) is 2.58. The number of ether oxygens (including phenoxy) is 1. The summed E-state index contributed by atoms with van der Waals surface area (Å²) in [7, 11) is 0. The van der Waals surface area contributed by atoms with E-state index in [2.05, 4.69) is 0 Å². The predicted molar refractivity (Wildman–Crippen MR) is 69.9 cm³/mol. The van der Waals surface area contributed by atoms with Gasteiger partial charge >= 0.3 is 5.97 Å². The van der Waals surface area contributed by atoms with Crippen LogP contribution >= 0.6 is 0 Å². The van der Waals surface area contributed by atoms with Gasteiger partial charge in [-0.2, -0.15) is 5.26 Å². The molecule has 20 heavy (non-hydrogen) atoms. The van der Waals surface area contributed by atoms with Crippen LogP contribution in [0.3, 0.4) is 0 Å². The highest BCUT2D eigenvalue weighted by Crippen LogP contribution is 2.28. The Morgan fingerprint density at radius 1 is 1.60 bits per heavy atom. The van der Waals surface area contributed by atoms with Crippen molar-refractivity contribution in [1.82, 2.24) is 0 Å². The van der Waals surface area contributed by atoms with Gasteiger partial charge < -0.3 is 14.7 Å². The minimum Gasteiger partial charge on any atom is -0.481 e. The molecule has 1 aliphatic rings. The van der Waals surface area contributed by atoms with Crippen molar-refractivity contribution in [2.45, 2.75) is 13.0 Å². The van der Waals surface area contributed by atoms with Gasteiger partial charge in [-0.25, -0.2) is 4.39 Å². The molecule has 0 aliphatic carbocycles. The van der Waals surface area contributed by atoms with Crippen molar-refractivity contribution in [2.24, 2.45) is 5.92 Å². The van der Waals surface area contributed by atoms with Crippen LogP contribution in [-0.4, -0.2) is 36.9 Å². The molecular formula is C14H15FN2O3. The molecule has 1 aromatic carbocycles. The quantitative estimate of drug-likeness (QED) is 0.906. The zero-order chi connectivity index (χ0) is 14.7. The normalized spacial score (nSPS) is 21.4. The van der Waals surface area contributed by atoms with Crippen LogP contribution in [0.5, 0.6) is 0 Å². The van der Waals surface area contributed by atoms with Gasteiger partial charge in [0.1, 0.15) is 17.8 Å². The largest absolute Gasteiger partial charge is 0.481 e. The molecule has 0 saturated carbocycles. The smallest absolute Gasteiger partial charge is 0.311 e. The van der Waals surface area contributed by atoms with E-state index in [4.69, 9.17) is 10.00 Å². The van der Waals surface area contributed by atoms with E-state index in [-0.39, 0.29) is 24.8 Å². The minimum absolute atomic E-state index is 0.152. The van der Waals surface area contributed by atoms with Crippen molar-refractivity contribution in [3.63, 3.8) is 0 Å². The van der Waals surface area contributed by atoms with Gasteiger partial charge in [-0.05, 0) is 25.1 Å². The van der Waals surface area contributed by atoms with Crippen molar-refractivity contribution in [3.8, 4) is 6.07 Å². The van der Waals surface area contributed by atoms with E-state index < -0.39 is 17.7 Å². The minimum atomic E-state index is -0.924. The first-order valence-corrected chi connectivity index (χ1v) is 6.35. The second kappa shape index (κ2) is 5.88. The number of anilines is 1. The fraction of sp³-hybridized carbons (Fsp3) is 0.429. The van der Waals surface area contributed by atoms with Crippen molar-refractivity contribution < 1.29 is 19.0 Å². The standard InChI is InChI=1S/C14H15FN2O3/c1-2-17(13-8-20-7-11(13)14(18)19)12-4-3-10(15)5-9(12)6-16/h3-5,11,13H,2,7-8H2,1H3,(H,18,19). The second-order valence-electron chi connectivity index (χ2n) is 4.61. The Hall–Kier alpha value is -2.13. The maximum atomic E-state index is 13.2. The number of halogens is 1. The first kappa shape index (κ1) is 14.3. The average molecular weight is 278 g/mol. The summed E-state index contributed by atoms with van der Waals surface area (Å²) in [6.07, 6.45) is 0. The van der Waals surface area contributed by atoms with Gasteiger partial charge in [-0.15, -0.1) is 0 Å². The Kier molecular flexibility index (Phi) is 4.20. The molecule has 0 aromatic heterocycles. The molecule has 6 heteroatoms. The number of carboxylic acids is 1. The van der Waals surface area contributed by atoms with E-state index in [9.17, 15) is 14.3 Å². The number of hydrogen-bond donors (Lipinski definition) is 1. The van der Waals surface area contributed by atoms with Gasteiger partial charge in [-0.3, -0.25) is 4.79 Å². The molecule has 2 rings (SSSR count). The number of carboxylic acid groups (broad SMARTS) is 1. The van der Waals surface area contributed by atoms with Crippen LogP contribution < -0.4 is 4.90 Å². The van der Waals surface area contributed by atoms with Gasteiger partial charge in [0.25, 0.3) is 0 Å². The molecule has 2 atom stereocenters. The lowest BCUT2D eigenvalue weighted by Gasteiger charge is -2.32. The topological polar surface area (TPSA) is 73.6 Å². The number of benzene rings is 1. The molecule has 5 nitrogen and oxygen atoms in total. The molecule has 1 heterocycles. The third-order valence-corrected chi connectivity index (χ3v) is 3.50. The average Bonchev–Trinajstić information content (AvgIpc) is 2.90. The maximum absolute atomic E-state index is 13.2. The Balaban J connectivity index is 2.38. The van der Waals surface area contributed by atoms with Gasteiger partial charge in [0.15, 0.2) is 0 Å². The number of nitrogens with zero attached hydrogens (tertiary/aromatic N) is 2. The third-order valence-electron chi connectivity index (χ3n) is 3.50. The fourth-order valence-corrected chi connectivity index (χ4v) is 2.52. The van der Waals surface area contributed by atoms with Crippen LogP contribution in [0.4, 0.5) is 10.1 Å². The Morgan fingerprint density at radius 3 is 2.95 bits per heavy atom. The molecule has 0 bridgehead atoms. The Bertz CT molecular complexity index is 556. The molecule has 0 radical (unpaired) electrons. The number of hydrogen-bond acceptors (Lipinski definition) is 4. The monoisotopic (exact) mass is 278 g/mol. The van der Waals surface area contributed by atoms with Gasteiger partial charge in [0, 0.05) is 6.54 Å². The summed E-state index contributed by atoms with van der Waals surface area (Å²) >= 11 is 0. The lowest BCUT2D eigenvalue weighted by atomic mass is 10.0. The van der Waals surface area contributed by atoms with E-state index in [1.165, 1.54) is 12.1 Å². The molecule has 1 fully saturated rings. The van der Waals surface area contributed by atoms with Gasteiger partial charge in [0.05, 0.1) is 30.5 Å². The predicted octanol–water partition coefficient (Wildman–Crippen LogP) is 1.62. The molecule has 0 amide bonds. The molecule has 1 N–H and O–H groups in total. The van der Waals surface area contributed by atoms with Crippen LogP contribution in [0.15, 0.2) is 18.2 Å². The zero-order valence-corrected chi connectivity index (χ0v) is 11.0. The lowest BCUT2D eigenvalue weighted by molar-refractivity contribution is -0.141. The van der Waals surface area contributed by atoms with E-state index in [1.807, 2.05) is 13.0 Å². The number of aliphatic carboxylic acids is 1. The molecule has 106 valence electrons. The Labute approximate surface area is 116 Å². The van der Waals surface area contributed by atoms with Crippen LogP contribution in [0.1, 0.15) is 12.5 Å². The van der Waals surface area contributed by atoms with Crippen LogP contribution in [-0.2, 0) is 9.53 Å². The number of nitriles is 1. The van der Waals surface area contributed by atoms with Crippen molar-refractivity contribution >= 4 is 11.7 Å². The number of likely N-dealkylation sites (N-methyl/N-ethyl adjacent to an activating group) is 1. The highest BCUT2D eigenvalue weighted by atomic mass is 19.1. The van der Waals surface area contributed by atoms with E-state index in [0.29, 0.717) is 12.2 Å². The van der Waals surface area contributed by atoms with E-state index >= 15 is 0 Å². The highest BCUT2D eigenvalue weighted by Gasteiger charge is 2.38. The maximum Gasteiger partial charge on any atom is 0.311 e. The van der Waals surface area contributed by atoms with Gasteiger partial charge in [0.2, 0.25) is 0 Å². The van der Waals surface area contributed by atoms with Crippen LogP contribution in [0.25, 0.3) is 0 Å². The Morgan fingerprint density at radius 2 is 2.35 bits per heavy atom.